The molecule has 17 heavy (non-hydrogen) atoms. The molecule has 1 aromatic rings. The highest BCUT2D eigenvalue weighted by molar-refractivity contribution is 5.93. The van der Waals surface area contributed by atoms with E-state index in [1.165, 1.54) is 30.3 Å². The Bertz CT molecular complexity index is 493. The lowest BCUT2D eigenvalue weighted by molar-refractivity contribution is -0.133. The van der Waals surface area contributed by atoms with E-state index in [4.69, 9.17) is 5.11 Å². The van der Waals surface area contributed by atoms with Crippen LogP contribution < -0.4 is 5.32 Å². The van der Waals surface area contributed by atoms with Gasteiger partial charge in [-0.15, -0.1) is 0 Å². The average Bonchev–Trinajstić information content (AvgIpc) is 2.29. The highest BCUT2D eigenvalue weighted by atomic mass is 19.1. The third kappa shape index (κ3) is 2.33. The van der Waals surface area contributed by atoms with Crippen molar-refractivity contribution in [3.05, 3.63) is 47.3 Å². The molecule has 4 nitrogen and oxygen atoms in total. The quantitative estimate of drug-likeness (QED) is 0.814. The largest absolute Gasteiger partial charge is 0.478 e. The molecule has 1 aliphatic heterocycles. The Labute approximate surface area is 96.8 Å². The summed E-state index contributed by atoms with van der Waals surface area (Å²) in [5, 5.41) is 11.6. The molecule has 1 aliphatic rings. The molecule has 0 saturated heterocycles. The lowest BCUT2D eigenvalue weighted by Crippen LogP contribution is -2.35. The summed E-state index contributed by atoms with van der Waals surface area (Å²) in [6.45, 7) is 0. The molecule has 0 spiro atoms. The maximum Gasteiger partial charge on any atom is 0.333 e. The molecule has 0 aromatic heterocycles. The number of halogens is 1. The van der Waals surface area contributed by atoms with Gasteiger partial charge < -0.3 is 10.4 Å². The van der Waals surface area contributed by atoms with Gasteiger partial charge in [0.05, 0.1) is 11.6 Å². The van der Waals surface area contributed by atoms with Crippen molar-refractivity contribution >= 4 is 11.9 Å². The number of rotatable bonds is 2. The number of nitrogens with one attached hydrogen (secondary N) is 1. The molecule has 0 saturated carbocycles. The molecule has 0 bridgehead atoms. The van der Waals surface area contributed by atoms with Gasteiger partial charge in [0.15, 0.2) is 0 Å². The van der Waals surface area contributed by atoms with Crippen LogP contribution in [0, 0.1) is 5.82 Å². The smallest absolute Gasteiger partial charge is 0.333 e. The maximum atomic E-state index is 12.8. The van der Waals surface area contributed by atoms with E-state index in [1.54, 1.807) is 0 Å². The van der Waals surface area contributed by atoms with Gasteiger partial charge in [-0.25, -0.2) is 9.18 Å². The predicted molar refractivity (Wildman–Crippen MR) is 57.6 cm³/mol. The number of amides is 1. The van der Waals surface area contributed by atoms with Crippen molar-refractivity contribution in [2.45, 2.75) is 12.5 Å². The first-order valence-corrected chi connectivity index (χ1v) is 5.06. The summed E-state index contributed by atoms with van der Waals surface area (Å²) in [5.41, 5.74) is 0.657. The van der Waals surface area contributed by atoms with E-state index < -0.39 is 17.8 Å². The van der Waals surface area contributed by atoms with Gasteiger partial charge in [0.2, 0.25) is 5.91 Å². The molecule has 5 heteroatoms. The summed E-state index contributed by atoms with van der Waals surface area (Å²) in [6, 6.07) is 4.67. The first-order valence-electron chi connectivity index (χ1n) is 5.06. The van der Waals surface area contributed by atoms with Crippen molar-refractivity contribution in [1.82, 2.24) is 5.32 Å². The maximum absolute atomic E-state index is 12.8. The van der Waals surface area contributed by atoms with Gasteiger partial charge in [0, 0.05) is 6.42 Å². The van der Waals surface area contributed by atoms with Crippen LogP contribution >= 0.6 is 0 Å². The summed E-state index contributed by atoms with van der Waals surface area (Å²) in [6.07, 6.45) is 1.44. The van der Waals surface area contributed by atoms with Crippen LogP contribution in [0.15, 0.2) is 35.9 Å². The fourth-order valence-electron chi connectivity index (χ4n) is 1.75. The monoisotopic (exact) mass is 235 g/mol. The van der Waals surface area contributed by atoms with E-state index in [9.17, 15) is 14.0 Å². The van der Waals surface area contributed by atoms with Crippen LogP contribution in [-0.4, -0.2) is 17.0 Å². The summed E-state index contributed by atoms with van der Waals surface area (Å²) < 4.78 is 12.8. The van der Waals surface area contributed by atoms with E-state index in [0.717, 1.165) is 0 Å². The Morgan fingerprint density at radius 1 is 1.35 bits per heavy atom. The fraction of sp³-hybridized carbons (Fsp3) is 0.167. The van der Waals surface area contributed by atoms with Crippen LogP contribution in [0.2, 0.25) is 0 Å². The Morgan fingerprint density at radius 2 is 2.00 bits per heavy atom. The molecule has 1 heterocycles. The molecular formula is C12H10FNO3. The lowest BCUT2D eigenvalue weighted by atomic mass is 9.95. The predicted octanol–water partition coefficient (Wildman–Crippen LogP) is 1.40. The second-order valence-electron chi connectivity index (χ2n) is 3.72. The third-order valence-corrected chi connectivity index (χ3v) is 2.57. The van der Waals surface area contributed by atoms with Gasteiger partial charge in [0.25, 0.3) is 0 Å². The van der Waals surface area contributed by atoms with Crippen LogP contribution in [0.3, 0.4) is 0 Å². The molecular weight excluding hydrogens is 225 g/mol. The molecule has 0 fully saturated rings. The van der Waals surface area contributed by atoms with Crippen molar-refractivity contribution in [1.29, 1.82) is 0 Å². The van der Waals surface area contributed by atoms with Crippen LogP contribution in [-0.2, 0) is 9.59 Å². The second kappa shape index (κ2) is 4.37. The minimum absolute atomic E-state index is 0.0549. The van der Waals surface area contributed by atoms with E-state index >= 15 is 0 Å². The minimum Gasteiger partial charge on any atom is -0.478 e. The molecule has 1 aromatic carbocycles. The van der Waals surface area contributed by atoms with Gasteiger partial charge in [-0.3, -0.25) is 4.79 Å². The number of hydrogen-bond donors (Lipinski definition) is 2. The fourth-order valence-corrected chi connectivity index (χ4v) is 1.75. The Balaban J connectivity index is 2.37. The summed E-state index contributed by atoms with van der Waals surface area (Å²) in [7, 11) is 0. The molecule has 2 rings (SSSR count). The van der Waals surface area contributed by atoms with Gasteiger partial charge in [0.1, 0.15) is 5.82 Å². The molecule has 1 atom stereocenters. The van der Waals surface area contributed by atoms with Crippen LogP contribution in [0.4, 0.5) is 4.39 Å². The minimum atomic E-state index is -1.08. The summed E-state index contributed by atoms with van der Waals surface area (Å²) in [4.78, 5) is 22.3. The summed E-state index contributed by atoms with van der Waals surface area (Å²) >= 11 is 0. The zero-order valence-corrected chi connectivity index (χ0v) is 8.81. The van der Waals surface area contributed by atoms with Gasteiger partial charge in [-0.2, -0.15) is 0 Å². The highest BCUT2D eigenvalue weighted by Gasteiger charge is 2.27. The molecule has 1 amide bonds. The number of hydrogen-bond acceptors (Lipinski definition) is 2. The summed E-state index contributed by atoms with van der Waals surface area (Å²) in [5.74, 6) is -1.74. The highest BCUT2D eigenvalue weighted by Crippen LogP contribution is 2.25. The molecule has 2 N–H and O–H groups in total. The number of benzene rings is 1. The Kier molecular flexibility index (Phi) is 2.91. The van der Waals surface area contributed by atoms with Gasteiger partial charge in [-0.05, 0) is 17.7 Å². The van der Waals surface area contributed by atoms with Crippen molar-refractivity contribution < 1.29 is 19.1 Å². The topological polar surface area (TPSA) is 66.4 Å². The van der Waals surface area contributed by atoms with E-state index in [0.29, 0.717) is 5.56 Å². The first-order chi connectivity index (χ1) is 8.08. The molecule has 0 aliphatic carbocycles. The zero-order chi connectivity index (χ0) is 12.4. The Hall–Kier alpha value is -2.17. The first kappa shape index (κ1) is 11.3. The molecule has 0 radical (unpaired) electrons. The zero-order valence-electron chi connectivity index (χ0n) is 8.81. The number of carboxylic acid groups (broad SMARTS) is 1. The van der Waals surface area contributed by atoms with Gasteiger partial charge >= 0.3 is 5.97 Å². The van der Waals surface area contributed by atoms with Crippen molar-refractivity contribution in [3.63, 3.8) is 0 Å². The van der Waals surface area contributed by atoms with Crippen LogP contribution in [0.5, 0.6) is 0 Å². The van der Waals surface area contributed by atoms with Crippen molar-refractivity contribution in [3.8, 4) is 0 Å². The lowest BCUT2D eigenvalue weighted by Gasteiger charge is -2.23. The number of carbonyl (C=O) groups excluding carboxylic acids is 1. The normalized spacial score (nSPS) is 19.5. The van der Waals surface area contributed by atoms with Crippen molar-refractivity contribution in [2.24, 2.45) is 0 Å². The van der Waals surface area contributed by atoms with Crippen LogP contribution in [0.25, 0.3) is 0 Å². The van der Waals surface area contributed by atoms with E-state index in [1.807, 2.05) is 0 Å². The molecule has 88 valence electrons. The third-order valence-electron chi connectivity index (χ3n) is 2.57. The SMILES string of the molecule is O=C1CC=C(C(=O)O)[C@H](c2ccc(F)cc2)N1. The Morgan fingerprint density at radius 3 is 2.59 bits per heavy atom. The molecule has 0 unspecified atom stereocenters. The van der Waals surface area contributed by atoms with Gasteiger partial charge in [-0.1, -0.05) is 18.2 Å². The number of aliphatic carboxylic acids is 1. The number of carboxylic acids is 1. The van der Waals surface area contributed by atoms with Crippen LogP contribution in [0.1, 0.15) is 18.0 Å². The van der Waals surface area contributed by atoms with Crippen molar-refractivity contribution in [2.75, 3.05) is 0 Å². The standard InChI is InChI=1S/C12H10FNO3/c13-8-3-1-7(2-4-8)11-9(12(16)17)5-6-10(15)14-11/h1-5,11H,6H2,(H,14,15)(H,16,17)/t11-/m0/s1. The second-order valence-corrected chi connectivity index (χ2v) is 3.72. The van der Waals surface area contributed by atoms with E-state index in [2.05, 4.69) is 5.32 Å². The number of carbonyl (C=O) groups is 2. The van der Waals surface area contributed by atoms with E-state index in [-0.39, 0.29) is 17.9 Å². The average molecular weight is 235 g/mol.